The van der Waals surface area contributed by atoms with Gasteiger partial charge in [0.15, 0.2) is 0 Å². The summed E-state index contributed by atoms with van der Waals surface area (Å²) >= 11 is 0. The average Bonchev–Trinajstić information content (AvgIpc) is 2.88. The van der Waals surface area contributed by atoms with Gasteiger partial charge in [0.05, 0.1) is 0 Å². The number of carbonyl (C=O) groups excluding carboxylic acids is 1. The van der Waals surface area contributed by atoms with Gasteiger partial charge in [-0.2, -0.15) is 0 Å². The Morgan fingerprint density at radius 1 is 1.25 bits per heavy atom. The Labute approximate surface area is 99.4 Å². The molecule has 2 nitrogen and oxygen atoms in total. The van der Waals surface area contributed by atoms with Gasteiger partial charge in [0.2, 0.25) is 0 Å². The number of hydrogen-bond acceptors (Lipinski definition) is 2. The van der Waals surface area contributed by atoms with Crippen molar-refractivity contribution in [2.45, 2.75) is 39.5 Å². The van der Waals surface area contributed by atoms with Gasteiger partial charge in [-0.15, -0.1) is 0 Å². The molecular formula is C14H25NO. The second-order valence-electron chi connectivity index (χ2n) is 6.24. The van der Waals surface area contributed by atoms with Crippen LogP contribution in [0.1, 0.15) is 39.5 Å². The number of hydrogen-bond donors (Lipinski definition) is 0. The summed E-state index contributed by atoms with van der Waals surface area (Å²) in [5.74, 6) is 3.40. The number of nitrogens with zero attached hydrogens (tertiary/aromatic N) is 1. The molecule has 4 unspecified atom stereocenters. The van der Waals surface area contributed by atoms with E-state index in [4.69, 9.17) is 0 Å². The van der Waals surface area contributed by atoms with E-state index in [1.165, 1.54) is 13.0 Å². The summed E-state index contributed by atoms with van der Waals surface area (Å²) in [7, 11) is 2.18. The van der Waals surface area contributed by atoms with Gasteiger partial charge >= 0.3 is 0 Å². The van der Waals surface area contributed by atoms with Crippen LogP contribution in [0.4, 0.5) is 0 Å². The summed E-state index contributed by atoms with van der Waals surface area (Å²) in [5.41, 5.74) is 0. The van der Waals surface area contributed by atoms with Gasteiger partial charge < -0.3 is 4.90 Å². The van der Waals surface area contributed by atoms with E-state index in [1.807, 2.05) is 0 Å². The molecule has 0 amide bonds. The molecule has 2 aliphatic carbocycles. The highest BCUT2D eigenvalue weighted by Crippen LogP contribution is 2.38. The maximum atomic E-state index is 11.8. The van der Waals surface area contributed by atoms with E-state index < -0.39 is 0 Å². The molecule has 0 radical (unpaired) electrons. The van der Waals surface area contributed by atoms with Crippen molar-refractivity contribution in [1.82, 2.24) is 4.90 Å². The molecule has 2 heteroatoms. The van der Waals surface area contributed by atoms with Crippen LogP contribution in [0.15, 0.2) is 0 Å². The highest BCUT2D eigenvalue weighted by molar-refractivity contribution is 5.81. The van der Waals surface area contributed by atoms with Crippen molar-refractivity contribution < 1.29 is 4.79 Å². The van der Waals surface area contributed by atoms with E-state index >= 15 is 0 Å². The Morgan fingerprint density at radius 2 is 1.94 bits per heavy atom. The van der Waals surface area contributed by atoms with E-state index in [1.54, 1.807) is 0 Å². The third kappa shape index (κ3) is 3.07. The maximum absolute atomic E-state index is 11.8. The topological polar surface area (TPSA) is 20.3 Å². The van der Waals surface area contributed by atoms with Crippen LogP contribution in [0.2, 0.25) is 0 Å². The van der Waals surface area contributed by atoms with Crippen LogP contribution in [0.25, 0.3) is 0 Å². The van der Waals surface area contributed by atoms with Gasteiger partial charge in [0.1, 0.15) is 5.78 Å². The van der Waals surface area contributed by atoms with Crippen molar-refractivity contribution in [2.24, 2.45) is 23.7 Å². The molecule has 2 saturated carbocycles. The molecule has 0 saturated heterocycles. The molecule has 0 spiro atoms. The first-order chi connectivity index (χ1) is 7.56. The molecule has 16 heavy (non-hydrogen) atoms. The summed E-state index contributed by atoms with van der Waals surface area (Å²) in [6, 6.07) is 0. The minimum Gasteiger partial charge on any atom is -0.305 e. The fraction of sp³-hybridized carbons (Fsp3) is 0.929. The van der Waals surface area contributed by atoms with E-state index in [-0.39, 0.29) is 0 Å². The summed E-state index contributed by atoms with van der Waals surface area (Å²) in [4.78, 5) is 14.2. The van der Waals surface area contributed by atoms with E-state index in [9.17, 15) is 4.79 Å². The third-order valence-corrected chi connectivity index (χ3v) is 4.38. The SMILES string of the molecule is CC1CCC(=O)C(CN(C)CC2CC2C)C1. The number of ketones is 1. The molecule has 2 fully saturated rings. The van der Waals surface area contributed by atoms with Gasteiger partial charge in [0.25, 0.3) is 0 Å². The van der Waals surface area contributed by atoms with E-state index in [0.717, 1.165) is 43.6 Å². The first-order valence-corrected chi connectivity index (χ1v) is 6.77. The molecular weight excluding hydrogens is 198 g/mol. The van der Waals surface area contributed by atoms with E-state index in [0.29, 0.717) is 11.7 Å². The first-order valence-electron chi connectivity index (χ1n) is 6.77. The Kier molecular flexibility index (Phi) is 3.68. The zero-order valence-corrected chi connectivity index (χ0v) is 10.9. The molecule has 0 bridgehead atoms. The Bertz CT molecular complexity index is 263. The lowest BCUT2D eigenvalue weighted by Gasteiger charge is -2.29. The lowest BCUT2D eigenvalue weighted by molar-refractivity contribution is -0.126. The van der Waals surface area contributed by atoms with Crippen molar-refractivity contribution in [3.8, 4) is 0 Å². The molecule has 92 valence electrons. The summed E-state index contributed by atoms with van der Waals surface area (Å²) in [6.45, 7) is 6.79. The van der Waals surface area contributed by atoms with Crippen molar-refractivity contribution in [1.29, 1.82) is 0 Å². The van der Waals surface area contributed by atoms with E-state index in [2.05, 4.69) is 25.8 Å². The fourth-order valence-corrected chi connectivity index (χ4v) is 3.01. The summed E-state index contributed by atoms with van der Waals surface area (Å²) in [6.07, 6.45) is 4.43. The summed E-state index contributed by atoms with van der Waals surface area (Å²) < 4.78 is 0. The lowest BCUT2D eigenvalue weighted by atomic mass is 9.81. The highest BCUT2D eigenvalue weighted by Gasteiger charge is 2.34. The van der Waals surface area contributed by atoms with Crippen LogP contribution >= 0.6 is 0 Å². The summed E-state index contributed by atoms with van der Waals surface area (Å²) in [5, 5.41) is 0. The number of Topliss-reactive ketones (excluding diaryl/α,β-unsaturated/α-hetero) is 1. The zero-order valence-electron chi connectivity index (χ0n) is 10.9. The van der Waals surface area contributed by atoms with Crippen LogP contribution < -0.4 is 0 Å². The number of carbonyl (C=O) groups is 1. The minimum absolute atomic E-state index is 0.322. The quantitative estimate of drug-likeness (QED) is 0.730. The van der Waals surface area contributed by atoms with Gasteiger partial charge in [0, 0.05) is 25.4 Å². The molecule has 0 aliphatic heterocycles. The van der Waals surface area contributed by atoms with Gasteiger partial charge in [-0.25, -0.2) is 0 Å². The lowest BCUT2D eigenvalue weighted by Crippen LogP contribution is -2.35. The predicted octanol–water partition coefficient (Wildman–Crippen LogP) is 2.58. The second-order valence-corrected chi connectivity index (χ2v) is 6.24. The largest absolute Gasteiger partial charge is 0.305 e. The second kappa shape index (κ2) is 4.87. The van der Waals surface area contributed by atoms with Crippen LogP contribution in [-0.2, 0) is 4.79 Å². The molecule has 2 aliphatic rings. The average molecular weight is 223 g/mol. The van der Waals surface area contributed by atoms with Crippen LogP contribution in [0, 0.1) is 23.7 Å². The first kappa shape index (κ1) is 12.1. The molecule has 0 aromatic heterocycles. The molecule has 4 atom stereocenters. The van der Waals surface area contributed by atoms with Crippen LogP contribution in [-0.4, -0.2) is 30.8 Å². The van der Waals surface area contributed by atoms with Gasteiger partial charge in [-0.1, -0.05) is 13.8 Å². The zero-order chi connectivity index (χ0) is 11.7. The van der Waals surface area contributed by atoms with Crippen LogP contribution in [0.3, 0.4) is 0 Å². The molecule has 0 aromatic rings. The highest BCUT2D eigenvalue weighted by atomic mass is 16.1. The van der Waals surface area contributed by atoms with Crippen molar-refractivity contribution in [3.63, 3.8) is 0 Å². The standard InChI is InChI=1S/C14H25NO/c1-10-4-5-14(16)13(6-10)9-15(3)8-12-7-11(12)2/h10-13H,4-9H2,1-3H3. The van der Waals surface area contributed by atoms with Gasteiger partial charge in [-0.05, 0) is 44.1 Å². The molecule has 0 aromatic carbocycles. The number of rotatable bonds is 4. The van der Waals surface area contributed by atoms with Crippen molar-refractivity contribution in [2.75, 3.05) is 20.1 Å². The Hall–Kier alpha value is -0.370. The Balaban J connectivity index is 1.76. The van der Waals surface area contributed by atoms with Crippen LogP contribution in [0.5, 0.6) is 0 Å². The predicted molar refractivity (Wildman–Crippen MR) is 66.3 cm³/mol. The molecule has 0 N–H and O–H groups in total. The van der Waals surface area contributed by atoms with Gasteiger partial charge in [-0.3, -0.25) is 4.79 Å². The fourth-order valence-electron chi connectivity index (χ4n) is 3.01. The maximum Gasteiger partial charge on any atom is 0.137 e. The van der Waals surface area contributed by atoms with Crippen molar-refractivity contribution in [3.05, 3.63) is 0 Å². The minimum atomic E-state index is 0.322. The van der Waals surface area contributed by atoms with Crippen molar-refractivity contribution >= 4 is 5.78 Å². The normalized spacial score (nSPS) is 39.1. The third-order valence-electron chi connectivity index (χ3n) is 4.38. The molecule has 0 heterocycles. The smallest absolute Gasteiger partial charge is 0.137 e. The monoisotopic (exact) mass is 223 g/mol. The molecule has 2 rings (SSSR count). The Morgan fingerprint density at radius 3 is 2.56 bits per heavy atom.